The molecule has 2 aromatic carbocycles. The molecule has 3 heteroatoms. The molecule has 2 rings (SSSR count). The summed E-state index contributed by atoms with van der Waals surface area (Å²) in [5, 5.41) is 3.48. The van der Waals surface area contributed by atoms with E-state index < -0.39 is 0 Å². The summed E-state index contributed by atoms with van der Waals surface area (Å²) in [6.07, 6.45) is 0. The van der Waals surface area contributed by atoms with E-state index in [0.717, 1.165) is 16.7 Å². The third-order valence-electron chi connectivity index (χ3n) is 2.81. The third kappa shape index (κ3) is 3.05. The Kier molecular flexibility index (Phi) is 4.26. The summed E-state index contributed by atoms with van der Waals surface area (Å²) in [6, 6.07) is 16.6. The van der Waals surface area contributed by atoms with Crippen molar-refractivity contribution in [1.29, 1.82) is 0 Å². The van der Waals surface area contributed by atoms with Gasteiger partial charge >= 0.3 is 0 Å². The monoisotopic (exact) mass is 304 g/mol. The first-order chi connectivity index (χ1) is 8.68. The van der Waals surface area contributed by atoms with E-state index in [0.29, 0.717) is 0 Å². The lowest BCUT2D eigenvalue weighted by molar-refractivity contribution is 1.10. The largest absolute Gasteiger partial charge is 0.379 e. The number of hydrogen-bond acceptors (Lipinski definition) is 2. The number of nitrogens with one attached hydrogen (secondary N) is 1. The number of rotatable bonds is 4. The van der Waals surface area contributed by atoms with Crippen LogP contribution < -0.4 is 10.2 Å². The first kappa shape index (κ1) is 13.0. The van der Waals surface area contributed by atoms with Gasteiger partial charge in [-0.3, -0.25) is 0 Å². The SMILES string of the molecule is CN(C)c1ccccc1NCc1ccccc1Br. The average Bonchev–Trinajstić information content (AvgIpc) is 2.38. The van der Waals surface area contributed by atoms with Gasteiger partial charge in [0.15, 0.2) is 0 Å². The molecule has 0 amide bonds. The van der Waals surface area contributed by atoms with Gasteiger partial charge in [-0.2, -0.15) is 0 Å². The van der Waals surface area contributed by atoms with Crippen LogP contribution in [0.15, 0.2) is 53.0 Å². The van der Waals surface area contributed by atoms with Crippen molar-refractivity contribution in [3.63, 3.8) is 0 Å². The highest BCUT2D eigenvalue weighted by atomic mass is 79.9. The first-order valence-corrected chi connectivity index (χ1v) is 6.71. The number of para-hydroxylation sites is 2. The van der Waals surface area contributed by atoms with Crippen LogP contribution in [0.1, 0.15) is 5.56 Å². The fraction of sp³-hybridized carbons (Fsp3) is 0.200. The molecule has 2 aromatic rings. The van der Waals surface area contributed by atoms with Gasteiger partial charge in [-0.05, 0) is 23.8 Å². The summed E-state index contributed by atoms with van der Waals surface area (Å²) < 4.78 is 1.14. The molecule has 0 aliphatic heterocycles. The van der Waals surface area contributed by atoms with Gasteiger partial charge in [-0.25, -0.2) is 0 Å². The number of anilines is 2. The van der Waals surface area contributed by atoms with Crippen LogP contribution in [0.4, 0.5) is 11.4 Å². The van der Waals surface area contributed by atoms with Gasteiger partial charge in [0.2, 0.25) is 0 Å². The normalized spacial score (nSPS) is 10.2. The van der Waals surface area contributed by atoms with E-state index in [1.165, 1.54) is 11.3 Å². The number of nitrogens with zero attached hydrogens (tertiary/aromatic N) is 1. The molecule has 0 aliphatic carbocycles. The first-order valence-electron chi connectivity index (χ1n) is 5.92. The Labute approximate surface area is 117 Å². The zero-order valence-corrected chi connectivity index (χ0v) is 12.2. The molecular weight excluding hydrogens is 288 g/mol. The highest BCUT2D eigenvalue weighted by Gasteiger charge is 2.04. The highest BCUT2D eigenvalue weighted by molar-refractivity contribution is 9.10. The Morgan fingerprint density at radius 3 is 2.39 bits per heavy atom. The molecule has 0 spiro atoms. The highest BCUT2D eigenvalue weighted by Crippen LogP contribution is 2.25. The molecule has 18 heavy (non-hydrogen) atoms. The van der Waals surface area contributed by atoms with Crippen molar-refractivity contribution in [1.82, 2.24) is 0 Å². The predicted octanol–water partition coefficient (Wildman–Crippen LogP) is 4.13. The van der Waals surface area contributed by atoms with Crippen LogP contribution in [-0.4, -0.2) is 14.1 Å². The topological polar surface area (TPSA) is 15.3 Å². The molecule has 0 saturated heterocycles. The summed E-state index contributed by atoms with van der Waals surface area (Å²) in [5.74, 6) is 0. The second-order valence-corrected chi connectivity index (χ2v) is 5.21. The molecular formula is C15H17BrN2. The number of halogens is 1. The van der Waals surface area contributed by atoms with Crippen molar-refractivity contribution in [2.24, 2.45) is 0 Å². The Balaban J connectivity index is 2.14. The van der Waals surface area contributed by atoms with Gasteiger partial charge in [-0.1, -0.05) is 46.3 Å². The Bertz CT molecular complexity index is 523. The molecule has 0 radical (unpaired) electrons. The number of benzene rings is 2. The van der Waals surface area contributed by atoms with Gasteiger partial charge in [0.1, 0.15) is 0 Å². The zero-order valence-electron chi connectivity index (χ0n) is 10.7. The van der Waals surface area contributed by atoms with Crippen molar-refractivity contribution in [2.45, 2.75) is 6.54 Å². The molecule has 0 unspecified atom stereocenters. The Morgan fingerprint density at radius 1 is 1.00 bits per heavy atom. The van der Waals surface area contributed by atoms with E-state index in [9.17, 15) is 0 Å². The molecule has 0 aromatic heterocycles. The van der Waals surface area contributed by atoms with Crippen LogP contribution in [0.3, 0.4) is 0 Å². The lowest BCUT2D eigenvalue weighted by Crippen LogP contribution is -2.12. The smallest absolute Gasteiger partial charge is 0.0596 e. The second kappa shape index (κ2) is 5.91. The standard InChI is InChI=1S/C15H17BrN2/c1-18(2)15-10-6-5-9-14(15)17-11-12-7-3-4-8-13(12)16/h3-10,17H,11H2,1-2H3. The quantitative estimate of drug-likeness (QED) is 0.914. The molecule has 0 bridgehead atoms. The molecule has 0 atom stereocenters. The summed E-state index contributed by atoms with van der Waals surface area (Å²) >= 11 is 3.57. The van der Waals surface area contributed by atoms with Crippen molar-refractivity contribution < 1.29 is 0 Å². The van der Waals surface area contributed by atoms with Gasteiger partial charge < -0.3 is 10.2 Å². The van der Waals surface area contributed by atoms with Crippen LogP contribution >= 0.6 is 15.9 Å². The molecule has 94 valence electrons. The van der Waals surface area contributed by atoms with E-state index in [2.05, 4.69) is 82.7 Å². The van der Waals surface area contributed by atoms with Crippen molar-refractivity contribution in [3.05, 3.63) is 58.6 Å². The minimum absolute atomic E-state index is 0.812. The summed E-state index contributed by atoms with van der Waals surface area (Å²) in [5.41, 5.74) is 3.61. The van der Waals surface area contributed by atoms with E-state index >= 15 is 0 Å². The zero-order chi connectivity index (χ0) is 13.0. The van der Waals surface area contributed by atoms with Crippen LogP contribution in [0.2, 0.25) is 0 Å². The molecule has 0 fully saturated rings. The van der Waals surface area contributed by atoms with E-state index in [-0.39, 0.29) is 0 Å². The molecule has 0 aliphatic rings. The molecule has 1 N–H and O–H groups in total. The van der Waals surface area contributed by atoms with Gasteiger partial charge in [0, 0.05) is 25.1 Å². The van der Waals surface area contributed by atoms with Gasteiger partial charge in [-0.15, -0.1) is 0 Å². The molecule has 0 saturated carbocycles. The van der Waals surface area contributed by atoms with Crippen molar-refractivity contribution >= 4 is 27.3 Å². The Morgan fingerprint density at radius 2 is 1.67 bits per heavy atom. The summed E-state index contributed by atoms with van der Waals surface area (Å²) in [4.78, 5) is 2.11. The fourth-order valence-electron chi connectivity index (χ4n) is 1.85. The van der Waals surface area contributed by atoms with Gasteiger partial charge in [0.05, 0.1) is 11.4 Å². The van der Waals surface area contributed by atoms with Crippen LogP contribution in [0.5, 0.6) is 0 Å². The maximum absolute atomic E-state index is 3.57. The molecule has 2 nitrogen and oxygen atoms in total. The second-order valence-electron chi connectivity index (χ2n) is 4.36. The predicted molar refractivity (Wildman–Crippen MR) is 82.2 cm³/mol. The lowest BCUT2D eigenvalue weighted by atomic mass is 10.2. The number of hydrogen-bond donors (Lipinski definition) is 1. The minimum atomic E-state index is 0.812. The average molecular weight is 305 g/mol. The van der Waals surface area contributed by atoms with Crippen LogP contribution in [-0.2, 0) is 6.54 Å². The lowest BCUT2D eigenvalue weighted by Gasteiger charge is -2.18. The maximum atomic E-state index is 3.57. The molecule has 0 heterocycles. The van der Waals surface area contributed by atoms with Crippen molar-refractivity contribution in [3.8, 4) is 0 Å². The van der Waals surface area contributed by atoms with Crippen LogP contribution in [0, 0.1) is 0 Å². The summed E-state index contributed by atoms with van der Waals surface area (Å²) in [6.45, 7) is 0.812. The summed E-state index contributed by atoms with van der Waals surface area (Å²) in [7, 11) is 4.11. The maximum Gasteiger partial charge on any atom is 0.0596 e. The van der Waals surface area contributed by atoms with E-state index in [4.69, 9.17) is 0 Å². The minimum Gasteiger partial charge on any atom is -0.379 e. The van der Waals surface area contributed by atoms with E-state index in [1.807, 2.05) is 6.07 Å². The third-order valence-corrected chi connectivity index (χ3v) is 3.59. The Hall–Kier alpha value is -1.48. The van der Waals surface area contributed by atoms with Gasteiger partial charge in [0.25, 0.3) is 0 Å². The van der Waals surface area contributed by atoms with Crippen molar-refractivity contribution in [2.75, 3.05) is 24.3 Å². The van der Waals surface area contributed by atoms with Crippen LogP contribution in [0.25, 0.3) is 0 Å². The fourth-order valence-corrected chi connectivity index (χ4v) is 2.27. The van der Waals surface area contributed by atoms with E-state index in [1.54, 1.807) is 0 Å².